The molecule has 3 N–H and O–H groups in total. The van der Waals surface area contributed by atoms with Gasteiger partial charge in [-0.25, -0.2) is 9.59 Å². The van der Waals surface area contributed by atoms with E-state index in [-0.39, 0.29) is 0 Å². The second-order valence-electron chi connectivity index (χ2n) is 4.43. The molecule has 0 spiro atoms. The van der Waals surface area contributed by atoms with Gasteiger partial charge in [0, 0.05) is 11.5 Å². The van der Waals surface area contributed by atoms with Gasteiger partial charge in [-0.15, -0.1) is 0 Å². The van der Waals surface area contributed by atoms with Gasteiger partial charge in [-0.05, 0) is 11.6 Å². The highest BCUT2D eigenvalue weighted by atomic mass is 32.2. The lowest BCUT2D eigenvalue weighted by molar-refractivity contribution is -0.123. The van der Waals surface area contributed by atoms with Crippen LogP contribution in [0.5, 0.6) is 0 Å². The number of nitrogens with one attached hydrogen (secondary N) is 1. The predicted molar refractivity (Wildman–Crippen MR) is 90.5 cm³/mol. The van der Waals surface area contributed by atoms with E-state index in [0.717, 1.165) is 22.2 Å². The molecule has 122 valence electrons. The number of rotatable bonds is 5. The fourth-order valence-electron chi connectivity index (χ4n) is 1.77. The Hall–Kier alpha value is -2.00. The van der Waals surface area contributed by atoms with E-state index in [0.29, 0.717) is 11.3 Å². The Labute approximate surface area is 141 Å². The highest BCUT2D eigenvalue weighted by Gasteiger charge is 2.16. The number of nitrogens with zero attached hydrogens (tertiary/aromatic N) is 1. The zero-order valence-electron chi connectivity index (χ0n) is 12.1. The third-order valence-corrected chi connectivity index (χ3v) is 5.04. The number of imide groups is 1. The van der Waals surface area contributed by atoms with Crippen LogP contribution in [0.15, 0.2) is 29.3 Å². The summed E-state index contributed by atoms with van der Waals surface area (Å²) in [6, 6.07) is 6.02. The molecule has 0 bridgehead atoms. The smallest absolute Gasteiger partial charge is 0.338 e. The summed E-state index contributed by atoms with van der Waals surface area (Å²) in [6.45, 7) is 0.261. The first kappa shape index (κ1) is 17.4. The van der Waals surface area contributed by atoms with Gasteiger partial charge in [-0.2, -0.15) is 0 Å². The standard InChI is InChI=1S/C14H15N3O4S2/c15-13(20)17-11(18)7-21-12(19)10-4-2-1-3-9(10)8-23-14-16-5-6-22-14/h1-4H,5-8H2,(H3,15,17,18,20). The maximum atomic E-state index is 12.1. The van der Waals surface area contributed by atoms with Crippen LogP contribution in [0.3, 0.4) is 0 Å². The molecule has 0 aromatic heterocycles. The van der Waals surface area contributed by atoms with Crippen molar-refractivity contribution in [2.75, 3.05) is 18.9 Å². The van der Waals surface area contributed by atoms with E-state index in [1.165, 1.54) is 0 Å². The summed E-state index contributed by atoms with van der Waals surface area (Å²) in [5.41, 5.74) is 5.99. The lowest BCUT2D eigenvalue weighted by Gasteiger charge is -2.09. The van der Waals surface area contributed by atoms with Crippen LogP contribution < -0.4 is 11.1 Å². The zero-order valence-corrected chi connectivity index (χ0v) is 13.7. The molecule has 1 aromatic rings. The van der Waals surface area contributed by atoms with Gasteiger partial charge in [-0.1, -0.05) is 41.7 Å². The number of amides is 3. The van der Waals surface area contributed by atoms with E-state index in [9.17, 15) is 14.4 Å². The summed E-state index contributed by atoms with van der Waals surface area (Å²) in [5.74, 6) is 0.183. The highest BCUT2D eigenvalue weighted by molar-refractivity contribution is 8.38. The minimum atomic E-state index is -0.988. The van der Waals surface area contributed by atoms with Crippen molar-refractivity contribution in [3.05, 3.63) is 35.4 Å². The highest BCUT2D eigenvalue weighted by Crippen LogP contribution is 2.26. The number of carbonyl (C=O) groups excluding carboxylic acids is 3. The van der Waals surface area contributed by atoms with Crippen molar-refractivity contribution in [3.63, 3.8) is 0 Å². The van der Waals surface area contributed by atoms with Crippen molar-refractivity contribution < 1.29 is 19.1 Å². The van der Waals surface area contributed by atoms with E-state index in [2.05, 4.69) is 4.99 Å². The molecule has 7 nitrogen and oxygen atoms in total. The number of nitrogens with two attached hydrogens (primary N) is 1. The average molecular weight is 353 g/mol. The molecule has 0 fully saturated rings. The van der Waals surface area contributed by atoms with E-state index in [4.69, 9.17) is 10.5 Å². The van der Waals surface area contributed by atoms with E-state index < -0.39 is 24.5 Å². The maximum absolute atomic E-state index is 12.1. The third-order valence-electron chi connectivity index (χ3n) is 2.74. The second-order valence-corrected chi connectivity index (χ2v) is 6.74. The molecule has 2 rings (SSSR count). The summed E-state index contributed by atoms with van der Waals surface area (Å²) in [5, 5.41) is 1.83. The zero-order chi connectivity index (χ0) is 16.7. The Bertz CT molecular complexity index is 649. The van der Waals surface area contributed by atoms with Crippen LogP contribution in [0.25, 0.3) is 0 Å². The van der Waals surface area contributed by atoms with E-state index in [1.807, 2.05) is 17.4 Å². The van der Waals surface area contributed by atoms with Crippen LogP contribution in [-0.2, 0) is 15.3 Å². The molecule has 0 aliphatic carbocycles. The quantitative estimate of drug-likeness (QED) is 0.774. The predicted octanol–water partition coefficient (Wildman–Crippen LogP) is 1.37. The molecule has 9 heteroatoms. The molecule has 1 heterocycles. The number of ether oxygens (including phenoxy) is 1. The summed E-state index contributed by atoms with van der Waals surface area (Å²) in [4.78, 5) is 38.2. The molecule has 0 radical (unpaired) electrons. The largest absolute Gasteiger partial charge is 0.452 e. The summed E-state index contributed by atoms with van der Waals surface area (Å²) >= 11 is 3.26. The topological polar surface area (TPSA) is 111 Å². The van der Waals surface area contributed by atoms with E-state index >= 15 is 0 Å². The van der Waals surface area contributed by atoms with Gasteiger partial charge in [0.1, 0.15) is 4.38 Å². The SMILES string of the molecule is NC(=O)NC(=O)COC(=O)c1ccccc1CSC1=NCCS1. The minimum absolute atomic E-state index is 0.385. The first-order valence-corrected chi connectivity index (χ1v) is 8.67. The Balaban J connectivity index is 1.94. The summed E-state index contributed by atoms with van der Waals surface area (Å²) < 4.78 is 5.91. The first-order valence-electron chi connectivity index (χ1n) is 6.70. The molecule has 0 saturated heterocycles. The van der Waals surface area contributed by atoms with Gasteiger partial charge in [-0.3, -0.25) is 15.1 Å². The molecular formula is C14H15N3O4S2. The van der Waals surface area contributed by atoms with Gasteiger partial charge >= 0.3 is 12.0 Å². The second kappa shape index (κ2) is 8.59. The molecule has 0 unspecified atom stereocenters. The van der Waals surface area contributed by atoms with Crippen molar-refractivity contribution in [2.45, 2.75) is 5.75 Å². The van der Waals surface area contributed by atoms with Crippen molar-refractivity contribution in [1.29, 1.82) is 0 Å². The van der Waals surface area contributed by atoms with Crippen LogP contribution in [0.4, 0.5) is 4.79 Å². The van der Waals surface area contributed by atoms with Crippen molar-refractivity contribution in [3.8, 4) is 0 Å². The lowest BCUT2D eigenvalue weighted by Crippen LogP contribution is -2.37. The number of hydrogen-bond acceptors (Lipinski definition) is 7. The number of esters is 1. The molecule has 0 saturated carbocycles. The van der Waals surface area contributed by atoms with Gasteiger partial charge in [0.05, 0.1) is 12.1 Å². The number of carbonyl (C=O) groups is 3. The van der Waals surface area contributed by atoms with Crippen molar-refractivity contribution in [2.24, 2.45) is 10.7 Å². The third kappa shape index (κ3) is 5.61. The number of primary amides is 1. The summed E-state index contributed by atoms with van der Waals surface area (Å²) in [7, 11) is 0. The Kier molecular flexibility index (Phi) is 6.48. The molecule has 23 heavy (non-hydrogen) atoms. The number of thioether (sulfide) groups is 2. The molecule has 1 aromatic carbocycles. The fraction of sp³-hybridized carbons (Fsp3) is 0.286. The van der Waals surface area contributed by atoms with Crippen LogP contribution in [0.1, 0.15) is 15.9 Å². The van der Waals surface area contributed by atoms with Crippen LogP contribution in [-0.4, -0.2) is 41.2 Å². The molecular weight excluding hydrogens is 338 g/mol. The molecule has 1 aliphatic rings. The molecule has 1 aliphatic heterocycles. The fourth-order valence-corrected chi connectivity index (χ4v) is 3.78. The summed E-state index contributed by atoms with van der Waals surface area (Å²) in [6.07, 6.45) is 0. The number of hydrogen-bond donors (Lipinski definition) is 2. The normalized spacial score (nSPS) is 13.3. The van der Waals surface area contributed by atoms with Crippen LogP contribution in [0.2, 0.25) is 0 Å². The molecule has 0 atom stereocenters. The van der Waals surface area contributed by atoms with Gasteiger partial charge < -0.3 is 10.5 Å². The monoisotopic (exact) mass is 353 g/mol. The Morgan fingerprint density at radius 1 is 1.35 bits per heavy atom. The number of aliphatic imine (C=N–C) groups is 1. The lowest BCUT2D eigenvalue weighted by atomic mass is 10.1. The van der Waals surface area contributed by atoms with Crippen molar-refractivity contribution >= 4 is 45.8 Å². The van der Waals surface area contributed by atoms with Gasteiger partial charge in [0.2, 0.25) is 0 Å². The average Bonchev–Trinajstić information content (AvgIpc) is 3.03. The van der Waals surface area contributed by atoms with Gasteiger partial charge in [0.15, 0.2) is 6.61 Å². The Morgan fingerprint density at radius 2 is 2.13 bits per heavy atom. The van der Waals surface area contributed by atoms with Crippen LogP contribution >= 0.6 is 23.5 Å². The maximum Gasteiger partial charge on any atom is 0.338 e. The minimum Gasteiger partial charge on any atom is -0.452 e. The first-order chi connectivity index (χ1) is 11.1. The Morgan fingerprint density at radius 3 is 2.83 bits per heavy atom. The number of benzene rings is 1. The molecule has 3 amide bonds. The van der Waals surface area contributed by atoms with Gasteiger partial charge in [0.25, 0.3) is 5.91 Å². The van der Waals surface area contributed by atoms with E-state index in [1.54, 1.807) is 35.7 Å². The van der Waals surface area contributed by atoms with Crippen molar-refractivity contribution in [1.82, 2.24) is 5.32 Å². The number of urea groups is 1. The van der Waals surface area contributed by atoms with Crippen LogP contribution in [0, 0.1) is 0 Å².